The first-order valence-corrected chi connectivity index (χ1v) is 2.43. The van der Waals surface area contributed by atoms with Gasteiger partial charge in [0.15, 0.2) is 0 Å². The minimum absolute atomic E-state index is 0.252. The molecule has 1 atom stereocenters. The molecule has 0 saturated carbocycles. The van der Waals surface area contributed by atoms with E-state index in [1.807, 2.05) is 0 Å². The average molecular weight is 119 g/mol. The van der Waals surface area contributed by atoms with Gasteiger partial charge >= 0.3 is 0 Å². The summed E-state index contributed by atoms with van der Waals surface area (Å²) in [4.78, 5) is 9.87. The number of amides is 1. The number of hydrogen-bond acceptors (Lipinski definition) is 3. The molecule has 1 amide bonds. The summed E-state index contributed by atoms with van der Waals surface area (Å²) in [6.07, 6.45) is 0. The lowest BCUT2D eigenvalue weighted by Crippen LogP contribution is -2.32. The molecule has 0 aliphatic heterocycles. The van der Waals surface area contributed by atoms with Gasteiger partial charge < -0.3 is 5.73 Å². The first kappa shape index (κ1) is 6.78. The number of thiol groups is 1. The molecule has 1 unspecified atom stereocenters. The van der Waals surface area contributed by atoms with E-state index < -0.39 is 11.9 Å². The second-order valence-electron chi connectivity index (χ2n) is 1.15. The third-order valence-electron chi connectivity index (χ3n) is 0.533. The van der Waals surface area contributed by atoms with Gasteiger partial charge in [-0.2, -0.15) is 12.6 Å². The summed E-state index contributed by atoms with van der Waals surface area (Å²) in [7, 11) is 0. The van der Waals surface area contributed by atoms with Crippen LogP contribution in [0.1, 0.15) is 0 Å². The molecule has 3 nitrogen and oxygen atoms in total. The number of nitrogens with one attached hydrogen (secondary N) is 1. The molecular weight excluding hydrogens is 112 g/mol. The lowest BCUT2D eigenvalue weighted by molar-refractivity contribution is -0.119. The number of rotatable bonds is 2. The highest BCUT2D eigenvalue weighted by Crippen LogP contribution is 1.79. The zero-order valence-electron chi connectivity index (χ0n) is 3.72. The highest BCUT2D eigenvalue weighted by Gasteiger charge is 2.04. The van der Waals surface area contributed by atoms with Crippen molar-refractivity contribution in [3.05, 3.63) is 0 Å². The number of hydrogen-bond donors (Lipinski definition) is 2. The van der Waals surface area contributed by atoms with Crippen molar-refractivity contribution in [2.75, 3.05) is 5.75 Å². The molecule has 0 saturated heterocycles. The Morgan fingerprint density at radius 1 is 2.00 bits per heavy atom. The van der Waals surface area contributed by atoms with E-state index in [2.05, 4.69) is 12.6 Å². The quantitative estimate of drug-likeness (QED) is 0.460. The van der Waals surface area contributed by atoms with Crippen molar-refractivity contribution in [2.45, 2.75) is 6.04 Å². The molecule has 0 aromatic carbocycles. The van der Waals surface area contributed by atoms with Crippen LogP contribution in [0, 0.1) is 0 Å². The second-order valence-corrected chi connectivity index (χ2v) is 1.52. The van der Waals surface area contributed by atoms with E-state index in [0.717, 1.165) is 0 Å². The molecule has 3 N–H and O–H groups in total. The van der Waals surface area contributed by atoms with Crippen LogP contribution in [0.15, 0.2) is 0 Å². The van der Waals surface area contributed by atoms with E-state index in [4.69, 9.17) is 11.5 Å². The van der Waals surface area contributed by atoms with Crippen LogP contribution in [0.4, 0.5) is 0 Å². The fourth-order valence-corrected chi connectivity index (χ4v) is 0.249. The molecular formula is C3H7N2OS. The summed E-state index contributed by atoms with van der Waals surface area (Å²) in [5, 5.41) is 0. The lowest BCUT2D eigenvalue weighted by atomic mass is 10.4. The summed E-state index contributed by atoms with van der Waals surface area (Å²) in [6, 6.07) is -0.705. The van der Waals surface area contributed by atoms with Crippen molar-refractivity contribution in [3.8, 4) is 0 Å². The monoisotopic (exact) mass is 119 g/mol. The minimum atomic E-state index is -0.755. The molecule has 0 bridgehead atoms. The zero-order chi connectivity index (χ0) is 5.86. The molecule has 0 aliphatic carbocycles. The Bertz CT molecular complexity index is 75.3. The van der Waals surface area contributed by atoms with Crippen LogP contribution in [-0.4, -0.2) is 17.7 Å². The van der Waals surface area contributed by atoms with Crippen molar-refractivity contribution < 1.29 is 4.79 Å². The first-order valence-electron chi connectivity index (χ1n) is 1.80. The summed E-state index contributed by atoms with van der Waals surface area (Å²) >= 11 is 3.69. The van der Waals surface area contributed by atoms with Crippen LogP contribution in [0.2, 0.25) is 0 Å². The fourth-order valence-electron chi connectivity index (χ4n) is 0.0829. The molecule has 0 aromatic heterocycles. The lowest BCUT2D eigenvalue weighted by Gasteiger charge is -1.96. The van der Waals surface area contributed by atoms with Gasteiger partial charge in [0.1, 0.15) is 0 Å². The van der Waals surface area contributed by atoms with Crippen LogP contribution in [-0.2, 0) is 4.79 Å². The molecule has 0 spiro atoms. The fraction of sp³-hybridized carbons (Fsp3) is 0.667. The van der Waals surface area contributed by atoms with Gasteiger partial charge in [-0.1, -0.05) is 0 Å². The summed E-state index contributed by atoms with van der Waals surface area (Å²) < 4.78 is 0. The van der Waals surface area contributed by atoms with Gasteiger partial charge in [-0.25, -0.2) is 0 Å². The maximum absolute atomic E-state index is 9.87. The molecule has 4 heteroatoms. The van der Waals surface area contributed by atoms with Crippen LogP contribution < -0.4 is 11.5 Å². The number of carbonyl (C=O) groups is 1. The Hall–Kier alpha value is -0.220. The van der Waals surface area contributed by atoms with Gasteiger partial charge in [0, 0.05) is 5.75 Å². The number of nitrogens with two attached hydrogens (primary N) is 1. The summed E-state index contributed by atoms with van der Waals surface area (Å²) in [6.45, 7) is 0. The molecule has 0 aromatic rings. The summed E-state index contributed by atoms with van der Waals surface area (Å²) in [5.74, 6) is -0.502. The van der Waals surface area contributed by atoms with E-state index in [-0.39, 0.29) is 5.75 Å². The minimum Gasteiger partial charge on any atom is -0.319 e. The van der Waals surface area contributed by atoms with Crippen LogP contribution in [0.5, 0.6) is 0 Å². The van der Waals surface area contributed by atoms with E-state index in [1.165, 1.54) is 0 Å². The topological polar surface area (TPSA) is 66.9 Å². The van der Waals surface area contributed by atoms with Crippen molar-refractivity contribution in [3.63, 3.8) is 0 Å². The number of carbonyl (C=O) groups excluding carboxylic acids is 1. The molecule has 7 heavy (non-hydrogen) atoms. The first-order chi connectivity index (χ1) is 3.18. The Kier molecular flexibility index (Phi) is 2.78. The molecule has 41 valence electrons. The van der Waals surface area contributed by atoms with E-state index in [9.17, 15) is 4.79 Å². The predicted octanol–water partition coefficient (Wildman–Crippen LogP) is -0.947. The Balaban J connectivity index is 3.34. The SMILES string of the molecule is [NH]C(=O)C(N)CS. The summed E-state index contributed by atoms with van der Waals surface area (Å²) in [5.41, 5.74) is 11.4. The van der Waals surface area contributed by atoms with Gasteiger partial charge in [-0.15, -0.1) is 0 Å². The van der Waals surface area contributed by atoms with Crippen molar-refractivity contribution in [1.29, 1.82) is 0 Å². The van der Waals surface area contributed by atoms with E-state index in [1.54, 1.807) is 0 Å². The average Bonchev–Trinajstić information content (AvgIpc) is 1.65. The third-order valence-corrected chi connectivity index (χ3v) is 0.927. The molecule has 0 aliphatic rings. The van der Waals surface area contributed by atoms with Gasteiger partial charge in [-0.05, 0) is 0 Å². The molecule has 1 radical (unpaired) electrons. The maximum atomic E-state index is 9.87. The zero-order valence-corrected chi connectivity index (χ0v) is 4.61. The van der Waals surface area contributed by atoms with Gasteiger partial charge in [0.2, 0.25) is 0 Å². The highest BCUT2D eigenvalue weighted by atomic mass is 32.1. The van der Waals surface area contributed by atoms with Crippen LogP contribution in [0.3, 0.4) is 0 Å². The standard InChI is InChI=1S/C3H7N2OS/c4-2(1-7)3(5)6/h2,5,7H,1,4H2. The van der Waals surface area contributed by atoms with E-state index in [0.29, 0.717) is 0 Å². The Morgan fingerprint density at radius 2 is 2.43 bits per heavy atom. The van der Waals surface area contributed by atoms with Crippen molar-refractivity contribution >= 4 is 18.5 Å². The predicted molar refractivity (Wildman–Crippen MR) is 29.9 cm³/mol. The van der Waals surface area contributed by atoms with Gasteiger partial charge in [-0.3, -0.25) is 10.5 Å². The molecule has 0 fully saturated rings. The molecule has 0 rings (SSSR count). The smallest absolute Gasteiger partial charge is 0.256 e. The van der Waals surface area contributed by atoms with Crippen LogP contribution >= 0.6 is 12.6 Å². The Labute approximate surface area is 47.5 Å². The van der Waals surface area contributed by atoms with Crippen molar-refractivity contribution in [1.82, 2.24) is 5.73 Å². The van der Waals surface area contributed by atoms with Crippen molar-refractivity contribution in [2.24, 2.45) is 5.73 Å². The second kappa shape index (κ2) is 2.87. The molecule has 0 heterocycles. The highest BCUT2D eigenvalue weighted by molar-refractivity contribution is 7.80. The Morgan fingerprint density at radius 3 is 2.43 bits per heavy atom. The maximum Gasteiger partial charge on any atom is 0.256 e. The van der Waals surface area contributed by atoms with Crippen LogP contribution in [0.25, 0.3) is 0 Å². The van der Waals surface area contributed by atoms with Gasteiger partial charge in [0.25, 0.3) is 5.91 Å². The largest absolute Gasteiger partial charge is 0.319 e. The normalized spacial score (nSPS) is 13.4. The van der Waals surface area contributed by atoms with Gasteiger partial charge in [0.05, 0.1) is 6.04 Å². The van der Waals surface area contributed by atoms with E-state index >= 15 is 0 Å². The third kappa shape index (κ3) is 2.47.